The molecule has 0 spiro atoms. The number of ether oxygens (including phenoxy) is 1. The van der Waals surface area contributed by atoms with E-state index in [1.54, 1.807) is 0 Å². The lowest BCUT2D eigenvalue weighted by Gasteiger charge is -2.30. The number of morpholine rings is 1. The first-order valence-electron chi connectivity index (χ1n) is 8.96. The van der Waals surface area contributed by atoms with Crippen LogP contribution in [0, 0.1) is 6.92 Å². The van der Waals surface area contributed by atoms with Crippen molar-refractivity contribution in [3.63, 3.8) is 0 Å². The molecule has 1 unspecified atom stereocenters. The lowest BCUT2D eigenvalue weighted by atomic mass is 10.2. The van der Waals surface area contributed by atoms with Crippen LogP contribution in [0.25, 0.3) is 0 Å². The van der Waals surface area contributed by atoms with Crippen molar-refractivity contribution in [3.05, 3.63) is 36.0 Å². The molecule has 1 saturated heterocycles. The molecule has 0 saturated carbocycles. The van der Waals surface area contributed by atoms with Gasteiger partial charge in [-0.1, -0.05) is 19.1 Å². The first kappa shape index (κ1) is 17.5. The molecule has 0 bridgehead atoms. The van der Waals surface area contributed by atoms with Crippen LogP contribution in [-0.2, 0) is 4.74 Å². The Morgan fingerprint density at radius 1 is 1.20 bits per heavy atom. The molecule has 2 N–H and O–H groups in total. The fraction of sp³-hybridized carbons (Fsp3) is 0.474. The van der Waals surface area contributed by atoms with Gasteiger partial charge in [-0.05, 0) is 32.4 Å². The summed E-state index contributed by atoms with van der Waals surface area (Å²) in [5.74, 6) is 1.47. The van der Waals surface area contributed by atoms with Crippen LogP contribution < -0.4 is 15.5 Å². The van der Waals surface area contributed by atoms with Crippen LogP contribution in [0.3, 0.4) is 0 Å². The molecule has 0 radical (unpaired) electrons. The summed E-state index contributed by atoms with van der Waals surface area (Å²) in [6.07, 6.45) is 1.03. The highest BCUT2D eigenvalue weighted by Gasteiger charge is 2.15. The number of rotatable bonds is 6. The summed E-state index contributed by atoms with van der Waals surface area (Å²) < 4.78 is 5.47. The van der Waals surface area contributed by atoms with Crippen LogP contribution in [-0.4, -0.2) is 42.3 Å². The average Bonchev–Trinajstić information content (AvgIpc) is 2.62. The SMILES string of the molecule is CCC(C)Nc1nc(C)cc(Nc2ccccc2N2CCOCC2)n1. The van der Waals surface area contributed by atoms with E-state index in [0.29, 0.717) is 12.0 Å². The molecule has 6 heteroatoms. The minimum absolute atomic E-state index is 0.343. The molecular formula is C19H27N5O. The molecule has 1 aliphatic heterocycles. The van der Waals surface area contributed by atoms with Gasteiger partial charge in [0.25, 0.3) is 0 Å². The number of aromatic nitrogens is 2. The maximum atomic E-state index is 5.47. The number of para-hydroxylation sites is 2. The van der Waals surface area contributed by atoms with Crippen molar-refractivity contribution >= 4 is 23.1 Å². The van der Waals surface area contributed by atoms with E-state index in [1.165, 1.54) is 5.69 Å². The number of anilines is 4. The van der Waals surface area contributed by atoms with Gasteiger partial charge in [-0.15, -0.1) is 0 Å². The van der Waals surface area contributed by atoms with Crippen LogP contribution in [0.1, 0.15) is 26.0 Å². The largest absolute Gasteiger partial charge is 0.378 e. The van der Waals surface area contributed by atoms with Gasteiger partial charge < -0.3 is 20.3 Å². The zero-order valence-corrected chi connectivity index (χ0v) is 15.2. The second-order valence-electron chi connectivity index (χ2n) is 6.41. The van der Waals surface area contributed by atoms with Gasteiger partial charge in [-0.25, -0.2) is 4.98 Å². The summed E-state index contributed by atoms with van der Waals surface area (Å²) in [5, 5.41) is 6.82. The Hall–Kier alpha value is -2.34. The maximum absolute atomic E-state index is 5.47. The Morgan fingerprint density at radius 3 is 2.72 bits per heavy atom. The van der Waals surface area contributed by atoms with E-state index >= 15 is 0 Å². The molecule has 25 heavy (non-hydrogen) atoms. The van der Waals surface area contributed by atoms with Gasteiger partial charge in [0.05, 0.1) is 24.6 Å². The number of hydrogen-bond donors (Lipinski definition) is 2. The van der Waals surface area contributed by atoms with E-state index in [4.69, 9.17) is 4.74 Å². The van der Waals surface area contributed by atoms with Crippen molar-refractivity contribution in [3.8, 4) is 0 Å². The number of benzene rings is 1. The van der Waals surface area contributed by atoms with E-state index in [2.05, 4.69) is 57.5 Å². The number of aryl methyl sites for hydroxylation is 1. The quantitative estimate of drug-likeness (QED) is 0.837. The lowest BCUT2D eigenvalue weighted by Crippen LogP contribution is -2.36. The van der Waals surface area contributed by atoms with Gasteiger partial charge in [0, 0.05) is 30.9 Å². The summed E-state index contributed by atoms with van der Waals surface area (Å²) >= 11 is 0. The Kier molecular flexibility index (Phi) is 5.71. The Labute approximate surface area is 149 Å². The highest BCUT2D eigenvalue weighted by molar-refractivity contribution is 5.74. The van der Waals surface area contributed by atoms with Crippen molar-refractivity contribution in [2.45, 2.75) is 33.2 Å². The minimum Gasteiger partial charge on any atom is -0.378 e. The molecule has 2 aromatic rings. The molecule has 0 amide bonds. The highest BCUT2D eigenvalue weighted by Crippen LogP contribution is 2.29. The van der Waals surface area contributed by atoms with Crippen LogP contribution in [0.4, 0.5) is 23.1 Å². The molecule has 0 aliphatic carbocycles. The summed E-state index contributed by atoms with van der Waals surface area (Å²) in [6.45, 7) is 9.61. The highest BCUT2D eigenvalue weighted by atomic mass is 16.5. The molecule has 1 fully saturated rings. The van der Waals surface area contributed by atoms with E-state index in [9.17, 15) is 0 Å². The fourth-order valence-corrected chi connectivity index (χ4v) is 2.82. The second-order valence-corrected chi connectivity index (χ2v) is 6.41. The predicted molar refractivity (Wildman–Crippen MR) is 103 cm³/mol. The van der Waals surface area contributed by atoms with Crippen molar-refractivity contribution < 1.29 is 4.74 Å². The van der Waals surface area contributed by atoms with Gasteiger partial charge in [0.2, 0.25) is 5.95 Å². The number of nitrogens with zero attached hydrogens (tertiary/aromatic N) is 3. The molecule has 2 heterocycles. The standard InChI is InChI=1S/C19H27N5O/c1-4-14(2)20-19-21-15(3)13-18(23-19)22-16-7-5-6-8-17(16)24-9-11-25-12-10-24/h5-8,13-14H,4,9-12H2,1-3H3,(H2,20,21,22,23). The zero-order chi connectivity index (χ0) is 17.6. The van der Waals surface area contributed by atoms with E-state index in [1.807, 2.05) is 19.1 Å². The Bertz CT molecular complexity index is 700. The van der Waals surface area contributed by atoms with Crippen molar-refractivity contribution in [1.82, 2.24) is 9.97 Å². The number of hydrogen-bond acceptors (Lipinski definition) is 6. The van der Waals surface area contributed by atoms with Gasteiger partial charge in [0.15, 0.2) is 0 Å². The molecule has 1 aromatic heterocycles. The van der Waals surface area contributed by atoms with E-state index in [0.717, 1.165) is 49.9 Å². The van der Waals surface area contributed by atoms with Crippen LogP contribution in [0.2, 0.25) is 0 Å². The lowest BCUT2D eigenvalue weighted by molar-refractivity contribution is 0.123. The summed E-state index contributed by atoms with van der Waals surface area (Å²) in [5.41, 5.74) is 3.17. The van der Waals surface area contributed by atoms with Gasteiger partial charge >= 0.3 is 0 Å². The minimum atomic E-state index is 0.343. The zero-order valence-electron chi connectivity index (χ0n) is 15.2. The second kappa shape index (κ2) is 8.16. The third kappa shape index (κ3) is 4.60. The summed E-state index contributed by atoms with van der Waals surface area (Å²) in [7, 11) is 0. The Balaban J connectivity index is 1.82. The number of nitrogens with one attached hydrogen (secondary N) is 2. The van der Waals surface area contributed by atoms with Crippen LogP contribution >= 0.6 is 0 Å². The molecular weight excluding hydrogens is 314 g/mol. The summed E-state index contributed by atoms with van der Waals surface area (Å²) in [6, 6.07) is 10.6. The van der Waals surface area contributed by atoms with Gasteiger partial charge in [-0.2, -0.15) is 4.98 Å². The van der Waals surface area contributed by atoms with Gasteiger partial charge in [0.1, 0.15) is 5.82 Å². The topological polar surface area (TPSA) is 62.3 Å². The monoisotopic (exact) mass is 341 g/mol. The van der Waals surface area contributed by atoms with E-state index < -0.39 is 0 Å². The van der Waals surface area contributed by atoms with Crippen molar-refractivity contribution in [2.24, 2.45) is 0 Å². The Morgan fingerprint density at radius 2 is 1.96 bits per heavy atom. The maximum Gasteiger partial charge on any atom is 0.225 e. The first-order valence-corrected chi connectivity index (χ1v) is 8.96. The van der Waals surface area contributed by atoms with Crippen LogP contribution in [0.15, 0.2) is 30.3 Å². The van der Waals surface area contributed by atoms with E-state index in [-0.39, 0.29) is 0 Å². The molecule has 134 valence electrons. The van der Waals surface area contributed by atoms with Crippen molar-refractivity contribution in [1.29, 1.82) is 0 Å². The molecule has 1 atom stereocenters. The normalized spacial score (nSPS) is 15.7. The van der Waals surface area contributed by atoms with Gasteiger partial charge in [-0.3, -0.25) is 0 Å². The van der Waals surface area contributed by atoms with Crippen LogP contribution in [0.5, 0.6) is 0 Å². The third-order valence-corrected chi connectivity index (χ3v) is 4.36. The predicted octanol–water partition coefficient (Wildman–Crippen LogP) is 3.58. The third-order valence-electron chi connectivity index (χ3n) is 4.36. The molecule has 3 rings (SSSR count). The van der Waals surface area contributed by atoms with Crippen molar-refractivity contribution in [2.75, 3.05) is 41.8 Å². The smallest absolute Gasteiger partial charge is 0.225 e. The molecule has 1 aromatic carbocycles. The molecule has 6 nitrogen and oxygen atoms in total. The fourth-order valence-electron chi connectivity index (χ4n) is 2.82. The first-order chi connectivity index (χ1) is 12.2. The average molecular weight is 341 g/mol. The molecule has 1 aliphatic rings. The summed E-state index contributed by atoms with van der Waals surface area (Å²) in [4.78, 5) is 11.5.